The van der Waals surface area contributed by atoms with Crippen LogP contribution in [0.3, 0.4) is 0 Å². The summed E-state index contributed by atoms with van der Waals surface area (Å²) in [5.41, 5.74) is 11.6. The Balaban J connectivity index is 1.39. The minimum atomic E-state index is 0.736. The van der Waals surface area contributed by atoms with Crippen LogP contribution in [-0.2, 0) is 12.8 Å². The third-order valence-electron chi connectivity index (χ3n) is 9.13. The van der Waals surface area contributed by atoms with Crippen LogP contribution in [0.5, 0.6) is 0 Å². The molecule has 0 bridgehead atoms. The molecule has 3 heterocycles. The number of benzene rings is 5. The minimum Gasteiger partial charge on any atom is -0.309 e. The summed E-state index contributed by atoms with van der Waals surface area (Å²) in [6.07, 6.45) is 4.47. The Morgan fingerprint density at radius 3 is 1.75 bits per heavy atom. The Labute approximate surface area is 255 Å². The summed E-state index contributed by atoms with van der Waals surface area (Å²) < 4.78 is 4.77. The molecule has 4 heteroatoms. The van der Waals surface area contributed by atoms with E-state index in [2.05, 4.69) is 143 Å². The molecule has 1 aliphatic rings. The maximum absolute atomic E-state index is 5.28. The summed E-state index contributed by atoms with van der Waals surface area (Å²) in [4.78, 5) is 10.6. The van der Waals surface area contributed by atoms with Gasteiger partial charge in [-0.15, -0.1) is 0 Å². The predicted octanol–water partition coefficient (Wildman–Crippen LogP) is 9.73. The number of hydrogen-bond acceptors (Lipinski definition) is 2. The molecule has 44 heavy (non-hydrogen) atoms. The summed E-state index contributed by atoms with van der Waals surface area (Å²) in [6.45, 7) is 0. The van der Waals surface area contributed by atoms with Gasteiger partial charge in [0, 0.05) is 38.7 Å². The molecule has 1 aliphatic carbocycles. The maximum Gasteiger partial charge on any atom is 0.235 e. The van der Waals surface area contributed by atoms with E-state index in [-0.39, 0.29) is 0 Å². The van der Waals surface area contributed by atoms with Crippen LogP contribution in [0.1, 0.15) is 24.1 Å². The van der Waals surface area contributed by atoms with Crippen LogP contribution in [-0.4, -0.2) is 19.1 Å². The lowest BCUT2D eigenvalue weighted by Gasteiger charge is -2.16. The van der Waals surface area contributed by atoms with Crippen molar-refractivity contribution >= 4 is 32.7 Å². The van der Waals surface area contributed by atoms with E-state index >= 15 is 0 Å². The molecule has 0 unspecified atom stereocenters. The van der Waals surface area contributed by atoms with Crippen LogP contribution in [0.4, 0.5) is 0 Å². The Morgan fingerprint density at radius 2 is 1.05 bits per heavy atom. The largest absolute Gasteiger partial charge is 0.309 e. The molecule has 9 rings (SSSR count). The van der Waals surface area contributed by atoms with Gasteiger partial charge in [-0.1, -0.05) is 97.1 Å². The minimum absolute atomic E-state index is 0.736. The first-order valence-electron chi connectivity index (χ1n) is 15.5. The predicted molar refractivity (Wildman–Crippen MR) is 181 cm³/mol. The van der Waals surface area contributed by atoms with Gasteiger partial charge in [-0.25, -0.2) is 9.97 Å². The first-order valence-corrected chi connectivity index (χ1v) is 15.5. The van der Waals surface area contributed by atoms with Crippen LogP contribution in [0.25, 0.3) is 66.9 Å². The van der Waals surface area contributed by atoms with Gasteiger partial charge in [-0.05, 0) is 67.6 Å². The van der Waals surface area contributed by atoms with Crippen molar-refractivity contribution < 1.29 is 0 Å². The fourth-order valence-corrected chi connectivity index (χ4v) is 7.13. The molecule has 0 saturated heterocycles. The van der Waals surface area contributed by atoms with Gasteiger partial charge in [0.2, 0.25) is 5.95 Å². The topological polar surface area (TPSA) is 35.6 Å². The fraction of sp³-hybridized carbons (Fsp3) is 0.100. The van der Waals surface area contributed by atoms with Gasteiger partial charge >= 0.3 is 0 Å². The first kappa shape index (κ1) is 25.1. The standard InChI is InChI=1S/C40H30N4/c1-4-14-27(15-5-1)34-25-35(28-16-6-2-7-17-28)42-40(41-34)44-37-23-13-11-21-31(37)33-24-32-30-20-10-12-22-36(30)43(38(32)26-39(33)44)29-18-8-3-9-19-29/h1-10,12,14-20,22,24-26H,11,13,21,23H2. The van der Waals surface area contributed by atoms with Gasteiger partial charge in [0.1, 0.15) is 0 Å². The van der Waals surface area contributed by atoms with Crippen LogP contribution in [0.2, 0.25) is 0 Å². The Bertz CT molecular complexity index is 2260. The zero-order chi connectivity index (χ0) is 29.0. The van der Waals surface area contributed by atoms with E-state index in [1.165, 1.54) is 56.8 Å². The van der Waals surface area contributed by atoms with Crippen molar-refractivity contribution in [1.82, 2.24) is 19.1 Å². The molecule has 0 spiro atoms. The zero-order valence-electron chi connectivity index (χ0n) is 24.3. The molecular weight excluding hydrogens is 536 g/mol. The highest BCUT2D eigenvalue weighted by molar-refractivity contribution is 6.14. The Kier molecular flexibility index (Phi) is 5.73. The van der Waals surface area contributed by atoms with Gasteiger partial charge in [-0.2, -0.15) is 0 Å². The van der Waals surface area contributed by atoms with E-state index in [1.54, 1.807) is 0 Å². The monoisotopic (exact) mass is 566 g/mol. The normalized spacial score (nSPS) is 13.1. The molecule has 210 valence electrons. The molecule has 3 aromatic heterocycles. The number of hydrogen-bond donors (Lipinski definition) is 0. The van der Waals surface area contributed by atoms with Gasteiger partial charge < -0.3 is 4.57 Å². The van der Waals surface area contributed by atoms with Crippen LogP contribution in [0, 0.1) is 0 Å². The molecule has 4 nitrogen and oxygen atoms in total. The fourth-order valence-electron chi connectivity index (χ4n) is 7.13. The molecule has 0 saturated carbocycles. The van der Waals surface area contributed by atoms with Crippen molar-refractivity contribution in [3.63, 3.8) is 0 Å². The zero-order valence-corrected chi connectivity index (χ0v) is 24.3. The molecule has 0 aliphatic heterocycles. The highest BCUT2D eigenvalue weighted by atomic mass is 15.2. The number of rotatable bonds is 4. The number of nitrogens with zero attached hydrogens (tertiary/aromatic N) is 4. The average molecular weight is 567 g/mol. The Morgan fingerprint density at radius 1 is 0.455 bits per heavy atom. The van der Waals surface area contributed by atoms with E-state index in [0.717, 1.165) is 47.0 Å². The third-order valence-corrected chi connectivity index (χ3v) is 9.13. The summed E-state index contributed by atoms with van der Waals surface area (Å²) in [7, 11) is 0. The summed E-state index contributed by atoms with van der Waals surface area (Å²) in [6, 6.07) is 47.3. The molecule has 0 radical (unpaired) electrons. The molecule has 8 aromatic rings. The van der Waals surface area contributed by atoms with Gasteiger partial charge in [-0.3, -0.25) is 4.57 Å². The summed E-state index contributed by atoms with van der Waals surface area (Å²) >= 11 is 0. The van der Waals surface area contributed by atoms with Crippen molar-refractivity contribution in [2.75, 3.05) is 0 Å². The van der Waals surface area contributed by atoms with Crippen LogP contribution >= 0.6 is 0 Å². The summed E-state index contributed by atoms with van der Waals surface area (Å²) in [5, 5.41) is 3.88. The van der Waals surface area contributed by atoms with Crippen molar-refractivity contribution in [1.29, 1.82) is 0 Å². The summed E-state index contributed by atoms with van der Waals surface area (Å²) in [5.74, 6) is 0.736. The molecule has 0 amide bonds. The van der Waals surface area contributed by atoms with E-state index in [4.69, 9.17) is 9.97 Å². The van der Waals surface area contributed by atoms with Crippen LogP contribution in [0.15, 0.2) is 133 Å². The SMILES string of the molecule is c1ccc(-c2cc(-c3ccccc3)nc(-n3c4c(c5cc6c7ccccc7n(-c7ccccc7)c6cc53)CCCC4)n2)cc1. The third kappa shape index (κ3) is 3.91. The second kappa shape index (κ2) is 10.1. The second-order valence-electron chi connectivity index (χ2n) is 11.7. The second-order valence-corrected chi connectivity index (χ2v) is 11.7. The maximum atomic E-state index is 5.28. The van der Waals surface area contributed by atoms with E-state index in [1.807, 2.05) is 0 Å². The lowest BCUT2D eigenvalue weighted by Crippen LogP contribution is -2.10. The smallest absolute Gasteiger partial charge is 0.235 e. The highest BCUT2D eigenvalue weighted by Gasteiger charge is 2.25. The number of para-hydroxylation sites is 2. The average Bonchev–Trinajstić information content (AvgIpc) is 3.60. The quantitative estimate of drug-likeness (QED) is 0.213. The van der Waals surface area contributed by atoms with Gasteiger partial charge in [0.05, 0.1) is 27.9 Å². The first-order chi connectivity index (χ1) is 21.8. The molecule has 0 atom stereocenters. The van der Waals surface area contributed by atoms with Crippen molar-refractivity contribution in [3.8, 4) is 34.2 Å². The highest BCUT2D eigenvalue weighted by Crippen LogP contribution is 2.40. The number of fused-ring (bicyclic) bond motifs is 6. The van der Waals surface area contributed by atoms with Crippen molar-refractivity contribution in [2.24, 2.45) is 0 Å². The van der Waals surface area contributed by atoms with Crippen molar-refractivity contribution in [3.05, 3.63) is 145 Å². The lowest BCUT2D eigenvalue weighted by atomic mass is 9.95. The molecule has 0 N–H and O–H groups in total. The van der Waals surface area contributed by atoms with Gasteiger partial charge in [0.15, 0.2) is 0 Å². The van der Waals surface area contributed by atoms with E-state index in [9.17, 15) is 0 Å². The Hall–Kier alpha value is -5.48. The molecule has 5 aromatic carbocycles. The number of aromatic nitrogens is 4. The lowest BCUT2D eigenvalue weighted by molar-refractivity contribution is 0.662. The van der Waals surface area contributed by atoms with E-state index in [0.29, 0.717) is 0 Å². The molecule has 0 fully saturated rings. The van der Waals surface area contributed by atoms with Gasteiger partial charge in [0.25, 0.3) is 0 Å². The molecular formula is C40H30N4. The van der Waals surface area contributed by atoms with Crippen LogP contribution < -0.4 is 0 Å². The van der Waals surface area contributed by atoms with Crippen molar-refractivity contribution in [2.45, 2.75) is 25.7 Å². The number of aryl methyl sites for hydroxylation is 1. The van der Waals surface area contributed by atoms with E-state index < -0.39 is 0 Å².